The third-order valence-corrected chi connectivity index (χ3v) is 3.09. The van der Waals surface area contributed by atoms with Crippen molar-refractivity contribution in [2.75, 3.05) is 0 Å². The molecule has 0 saturated heterocycles. The second-order valence-electron chi connectivity index (χ2n) is 3.46. The van der Waals surface area contributed by atoms with E-state index in [0.717, 1.165) is 18.3 Å². The van der Waals surface area contributed by atoms with Crippen molar-refractivity contribution in [3.05, 3.63) is 16.1 Å². The molecule has 0 aliphatic heterocycles. The van der Waals surface area contributed by atoms with E-state index in [1.54, 1.807) is 0 Å². The summed E-state index contributed by atoms with van der Waals surface area (Å²) in [6, 6.07) is 0. The third kappa shape index (κ3) is 1.58. The normalized spacial score (nSPS) is 20.3. The highest BCUT2D eigenvalue weighted by Gasteiger charge is 2.45. The lowest BCUT2D eigenvalue weighted by atomic mass is 10.2. The van der Waals surface area contributed by atoms with Crippen LogP contribution in [0.4, 0.5) is 8.78 Å². The van der Waals surface area contributed by atoms with Gasteiger partial charge in [-0.3, -0.25) is 0 Å². The van der Waals surface area contributed by atoms with Crippen molar-refractivity contribution in [2.24, 2.45) is 0 Å². The van der Waals surface area contributed by atoms with Gasteiger partial charge < -0.3 is 5.11 Å². The molecule has 0 radical (unpaired) electrons. The summed E-state index contributed by atoms with van der Waals surface area (Å²) >= 11 is 0.902. The van der Waals surface area contributed by atoms with Crippen molar-refractivity contribution in [3.63, 3.8) is 0 Å². The third-order valence-electron chi connectivity index (χ3n) is 2.08. The molecule has 1 aromatic heterocycles. The van der Waals surface area contributed by atoms with Crippen LogP contribution in [-0.2, 0) is 11.5 Å². The zero-order chi connectivity index (χ0) is 9.69. The van der Waals surface area contributed by atoms with E-state index in [1.165, 1.54) is 5.38 Å². The quantitative estimate of drug-likeness (QED) is 0.803. The first-order valence-electron chi connectivity index (χ1n) is 3.98. The highest BCUT2D eigenvalue weighted by atomic mass is 32.1. The van der Waals surface area contributed by atoms with Crippen LogP contribution < -0.4 is 0 Å². The zero-order valence-corrected chi connectivity index (χ0v) is 7.87. The Morgan fingerprint density at radius 2 is 2.23 bits per heavy atom. The van der Waals surface area contributed by atoms with Gasteiger partial charge in [0.25, 0.3) is 5.92 Å². The van der Waals surface area contributed by atoms with E-state index in [9.17, 15) is 13.9 Å². The first-order chi connectivity index (χ1) is 5.92. The highest BCUT2D eigenvalue weighted by molar-refractivity contribution is 7.09. The van der Waals surface area contributed by atoms with Crippen molar-refractivity contribution < 1.29 is 13.9 Å². The molecule has 0 bridgehead atoms. The Labute approximate surface area is 78.2 Å². The molecule has 2 rings (SSSR count). The predicted octanol–water partition coefficient (Wildman–Crippen LogP) is 2.24. The molecule has 0 atom stereocenters. The Kier molecular flexibility index (Phi) is 1.72. The van der Waals surface area contributed by atoms with Crippen molar-refractivity contribution >= 4 is 11.3 Å². The number of hydrogen-bond donors (Lipinski definition) is 1. The van der Waals surface area contributed by atoms with Gasteiger partial charge in [0.1, 0.15) is 5.60 Å². The van der Waals surface area contributed by atoms with Gasteiger partial charge in [0.05, 0.1) is 5.69 Å². The molecule has 1 aliphatic carbocycles. The largest absolute Gasteiger partial charge is 0.384 e. The summed E-state index contributed by atoms with van der Waals surface area (Å²) in [5, 5.41) is 10.9. The molecule has 1 aromatic rings. The second kappa shape index (κ2) is 2.48. The second-order valence-corrected chi connectivity index (χ2v) is 4.32. The van der Waals surface area contributed by atoms with Gasteiger partial charge in [-0.05, 0) is 12.8 Å². The van der Waals surface area contributed by atoms with Crippen LogP contribution in [0.5, 0.6) is 0 Å². The first kappa shape index (κ1) is 9.02. The molecular formula is C8H9F2NOS. The summed E-state index contributed by atoms with van der Waals surface area (Å²) in [6.07, 6.45) is 1.26. The Morgan fingerprint density at radius 3 is 2.62 bits per heavy atom. The zero-order valence-electron chi connectivity index (χ0n) is 7.05. The van der Waals surface area contributed by atoms with Gasteiger partial charge in [-0.1, -0.05) is 0 Å². The van der Waals surface area contributed by atoms with Crippen molar-refractivity contribution in [1.82, 2.24) is 4.98 Å². The van der Waals surface area contributed by atoms with Crippen molar-refractivity contribution in [1.29, 1.82) is 0 Å². The lowest BCUT2D eigenvalue weighted by molar-refractivity contribution is 0.0166. The fourth-order valence-electron chi connectivity index (χ4n) is 1.06. The summed E-state index contributed by atoms with van der Waals surface area (Å²) in [5.41, 5.74) is -0.506. The van der Waals surface area contributed by atoms with Crippen LogP contribution in [0.1, 0.15) is 30.5 Å². The Bertz CT molecular complexity index is 307. The number of rotatable bonds is 2. The SMILES string of the molecule is CC(F)(F)c1nc(C2(O)CC2)cs1. The number of halogens is 2. The topological polar surface area (TPSA) is 33.1 Å². The van der Waals surface area contributed by atoms with E-state index < -0.39 is 11.5 Å². The monoisotopic (exact) mass is 205 g/mol. The summed E-state index contributed by atoms with van der Waals surface area (Å²) in [4.78, 5) is 3.73. The predicted molar refractivity (Wildman–Crippen MR) is 44.8 cm³/mol. The molecule has 0 spiro atoms. The highest BCUT2D eigenvalue weighted by Crippen LogP contribution is 2.46. The molecule has 1 aliphatic rings. The molecule has 5 heteroatoms. The number of hydrogen-bond acceptors (Lipinski definition) is 3. The Balaban J connectivity index is 2.29. The Hall–Kier alpha value is -0.550. The van der Waals surface area contributed by atoms with Crippen molar-refractivity contribution in [2.45, 2.75) is 31.3 Å². The fourth-order valence-corrected chi connectivity index (χ4v) is 1.92. The molecule has 1 saturated carbocycles. The standard InChI is InChI=1S/C8H9F2NOS/c1-7(9,10)6-11-5(4-13-6)8(12)2-3-8/h4,12H,2-3H2,1H3. The molecule has 1 N–H and O–H groups in total. The fraction of sp³-hybridized carbons (Fsp3) is 0.625. The van der Waals surface area contributed by atoms with Crippen LogP contribution in [0.3, 0.4) is 0 Å². The lowest BCUT2D eigenvalue weighted by Gasteiger charge is -2.05. The number of alkyl halides is 2. The average Bonchev–Trinajstić information content (AvgIpc) is 2.60. The van der Waals surface area contributed by atoms with E-state index in [2.05, 4.69) is 4.98 Å². The Morgan fingerprint density at radius 1 is 1.62 bits per heavy atom. The molecule has 1 heterocycles. The number of aromatic nitrogens is 1. The van der Waals surface area contributed by atoms with Crippen LogP contribution in [0.15, 0.2) is 5.38 Å². The molecule has 0 aromatic carbocycles. The van der Waals surface area contributed by atoms with Gasteiger partial charge in [-0.2, -0.15) is 8.78 Å². The minimum Gasteiger partial charge on any atom is -0.384 e. The molecule has 72 valence electrons. The minimum absolute atomic E-state index is 0.220. The summed E-state index contributed by atoms with van der Waals surface area (Å²) < 4.78 is 25.5. The maximum Gasteiger partial charge on any atom is 0.296 e. The summed E-state index contributed by atoms with van der Waals surface area (Å²) in [5.74, 6) is -2.89. The van der Waals surface area contributed by atoms with Gasteiger partial charge in [-0.25, -0.2) is 4.98 Å². The number of thiazole rings is 1. The van der Waals surface area contributed by atoms with Gasteiger partial charge in [0, 0.05) is 12.3 Å². The molecule has 0 amide bonds. The van der Waals surface area contributed by atoms with E-state index in [0.29, 0.717) is 18.5 Å². The van der Waals surface area contributed by atoms with Gasteiger partial charge in [0.2, 0.25) is 0 Å². The van der Waals surface area contributed by atoms with E-state index in [-0.39, 0.29) is 5.01 Å². The van der Waals surface area contributed by atoms with Gasteiger partial charge >= 0.3 is 0 Å². The van der Waals surface area contributed by atoms with Gasteiger partial charge in [-0.15, -0.1) is 11.3 Å². The molecular weight excluding hydrogens is 196 g/mol. The molecule has 13 heavy (non-hydrogen) atoms. The maximum absolute atomic E-state index is 12.7. The minimum atomic E-state index is -2.89. The molecule has 0 unspecified atom stereocenters. The van der Waals surface area contributed by atoms with Crippen LogP contribution in [0.25, 0.3) is 0 Å². The maximum atomic E-state index is 12.7. The van der Waals surface area contributed by atoms with Crippen LogP contribution in [-0.4, -0.2) is 10.1 Å². The van der Waals surface area contributed by atoms with Crippen LogP contribution >= 0.6 is 11.3 Å². The van der Waals surface area contributed by atoms with E-state index in [1.807, 2.05) is 0 Å². The summed E-state index contributed by atoms with van der Waals surface area (Å²) in [7, 11) is 0. The smallest absolute Gasteiger partial charge is 0.296 e. The van der Waals surface area contributed by atoms with Crippen LogP contribution in [0.2, 0.25) is 0 Å². The number of nitrogens with zero attached hydrogens (tertiary/aromatic N) is 1. The van der Waals surface area contributed by atoms with Crippen LogP contribution in [0, 0.1) is 0 Å². The van der Waals surface area contributed by atoms with Gasteiger partial charge in [0.15, 0.2) is 5.01 Å². The molecule has 1 fully saturated rings. The summed E-state index contributed by atoms with van der Waals surface area (Å²) in [6.45, 7) is 0.812. The van der Waals surface area contributed by atoms with E-state index >= 15 is 0 Å². The lowest BCUT2D eigenvalue weighted by Crippen LogP contribution is -2.09. The molecule has 2 nitrogen and oxygen atoms in total. The first-order valence-corrected chi connectivity index (χ1v) is 4.86. The van der Waals surface area contributed by atoms with Crippen molar-refractivity contribution in [3.8, 4) is 0 Å². The average molecular weight is 205 g/mol. The van der Waals surface area contributed by atoms with E-state index in [4.69, 9.17) is 0 Å². The number of aliphatic hydroxyl groups is 1.